The van der Waals surface area contributed by atoms with Gasteiger partial charge >= 0.3 is 6.03 Å². The Labute approximate surface area is 105 Å². The molecule has 9 nitrogen and oxygen atoms in total. The molecule has 0 aliphatic rings. The highest BCUT2D eigenvalue weighted by Crippen LogP contribution is 1.98. The van der Waals surface area contributed by atoms with Crippen LogP contribution in [0.1, 0.15) is 12.8 Å². The van der Waals surface area contributed by atoms with Crippen molar-refractivity contribution in [1.29, 1.82) is 0 Å². The fourth-order valence-electron chi connectivity index (χ4n) is 1.21. The lowest BCUT2D eigenvalue weighted by Gasteiger charge is -2.19. The summed E-state index contributed by atoms with van der Waals surface area (Å²) in [4.78, 5) is 12.0. The van der Waals surface area contributed by atoms with Crippen molar-refractivity contribution < 1.29 is 30.7 Å². The van der Waals surface area contributed by atoms with Crippen LogP contribution in [0.4, 0.5) is 4.79 Å². The van der Waals surface area contributed by atoms with E-state index in [-0.39, 0.29) is 25.9 Å². The second-order valence-corrected chi connectivity index (χ2v) is 6.75. The van der Waals surface area contributed by atoms with Crippen molar-refractivity contribution in [3.05, 3.63) is 0 Å². The monoisotopic (exact) mass is 304 g/mol. The van der Waals surface area contributed by atoms with Gasteiger partial charge in [-0.15, -0.1) is 0 Å². The van der Waals surface area contributed by atoms with Crippen molar-refractivity contribution in [3.8, 4) is 0 Å². The van der Waals surface area contributed by atoms with E-state index in [2.05, 4.69) is 0 Å². The number of nitrogens with two attached hydrogens (primary N) is 1. The third-order valence-corrected chi connectivity index (χ3v) is 3.58. The minimum absolute atomic E-state index is 0.0202. The molecule has 0 aromatic carbocycles. The van der Waals surface area contributed by atoms with Crippen LogP contribution in [-0.2, 0) is 20.2 Å². The first-order valence-electron chi connectivity index (χ1n) is 4.96. The quantitative estimate of drug-likeness (QED) is 0.482. The van der Waals surface area contributed by atoms with Crippen molar-refractivity contribution in [1.82, 2.24) is 4.90 Å². The van der Waals surface area contributed by atoms with Crippen LogP contribution >= 0.6 is 0 Å². The minimum atomic E-state index is -4.10. The highest BCUT2D eigenvalue weighted by molar-refractivity contribution is 7.86. The Morgan fingerprint density at radius 2 is 1.28 bits per heavy atom. The van der Waals surface area contributed by atoms with Gasteiger partial charge in [-0.2, -0.15) is 16.8 Å². The summed E-state index contributed by atoms with van der Waals surface area (Å²) in [5.41, 5.74) is 5.00. The average molecular weight is 304 g/mol. The Bertz CT molecular complexity index is 432. The molecule has 108 valence electrons. The molecule has 0 heterocycles. The lowest BCUT2D eigenvalue weighted by atomic mass is 10.4. The fourth-order valence-corrected chi connectivity index (χ4v) is 2.20. The molecule has 0 aliphatic heterocycles. The molecule has 0 unspecified atom stereocenters. The maximum Gasteiger partial charge on any atom is 0.314 e. The van der Waals surface area contributed by atoms with Gasteiger partial charge in [0.2, 0.25) is 0 Å². The Kier molecular flexibility index (Phi) is 6.52. The molecule has 0 aliphatic carbocycles. The van der Waals surface area contributed by atoms with E-state index in [9.17, 15) is 21.6 Å². The molecule has 0 saturated heterocycles. The third-order valence-electron chi connectivity index (χ3n) is 1.97. The molecular weight excluding hydrogens is 288 g/mol. The van der Waals surface area contributed by atoms with E-state index in [1.54, 1.807) is 0 Å². The standard InChI is InChI=1S/C7H16N2O7S2/c8-7(10)9(3-1-5-17(11,12)13)4-2-6-18(14,15)16/h1-6H2,(H2,8,10)(H,11,12,13)(H,14,15,16). The first kappa shape index (κ1) is 17.1. The Morgan fingerprint density at radius 1 is 0.944 bits per heavy atom. The van der Waals surface area contributed by atoms with Crippen molar-refractivity contribution in [3.63, 3.8) is 0 Å². The summed E-state index contributed by atoms with van der Waals surface area (Å²) in [6.07, 6.45) is -0.0404. The van der Waals surface area contributed by atoms with Crippen LogP contribution in [0.5, 0.6) is 0 Å². The van der Waals surface area contributed by atoms with Crippen molar-refractivity contribution in [2.45, 2.75) is 12.8 Å². The Morgan fingerprint density at radius 3 is 1.50 bits per heavy atom. The zero-order chi connectivity index (χ0) is 14.4. The maximum atomic E-state index is 10.9. The van der Waals surface area contributed by atoms with Gasteiger partial charge in [-0.25, -0.2) is 4.79 Å². The van der Waals surface area contributed by atoms with E-state index < -0.39 is 37.8 Å². The number of primary amides is 1. The summed E-state index contributed by atoms with van der Waals surface area (Å²) in [5, 5.41) is 0. The smallest absolute Gasteiger partial charge is 0.314 e. The van der Waals surface area contributed by atoms with Gasteiger partial charge in [-0.05, 0) is 12.8 Å². The number of urea groups is 1. The number of carbonyl (C=O) groups is 1. The van der Waals surface area contributed by atoms with Crippen molar-refractivity contribution >= 4 is 26.3 Å². The van der Waals surface area contributed by atoms with Gasteiger partial charge in [-0.3, -0.25) is 9.11 Å². The first-order valence-corrected chi connectivity index (χ1v) is 8.18. The molecule has 0 fully saturated rings. The van der Waals surface area contributed by atoms with Crippen LogP contribution in [0.15, 0.2) is 0 Å². The SMILES string of the molecule is NC(=O)N(CCCS(=O)(=O)O)CCCS(=O)(=O)O. The number of nitrogens with zero attached hydrogens (tertiary/aromatic N) is 1. The highest BCUT2D eigenvalue weighted by Gasteiger charge is 2.13. The number of hydrogen-bond donors (Lipinski definition) is 3. The third kappa shape index (κ3) is 10.3. The fraction of sp³-hybridized carbons (Fsp3) is 0.857. The van der Waals surface area contributed by atoms with Crippen LogP contribution in [0.2, 0.25) is 0 Å². The maximum absolute atomic E-state index is 10.9. The van der Waals surface area contributed by atoms with Gasteiger partial charge in [0.15, 0.2) is 0 Å². The summed E-state index contributed by atoms with van der Waals surface area (Å²) in [6, 6.07) is -0.833. The summed E-state index contributed by atoms with van der Waals surface area (Å²) < 4.78 is 58.7. The zero-order valence-corrected chi connectivity index (χ0v) is 11.2. The van der Waals surface area contributed by atoms with Crippen LogP contribution in [0.25, 0.3) is 0 Å². The molecule has 0 aromatic heterocycles. The molecule has 0 atom stereocenters. The topological polar surface area (TPSA) is 155 Å². The molecule has 0 spiro atoms. The van der Waals surface area contributed by atoms with Gasteiger partial charge in [0, 0.05) is 13.1 Å². The van der Waals surface area contributed by atoms with Gasteiger partial charge in [0.1, 0.15) is 0 Å². The first-order chi connectivity index (χ1) is 8.01. The zero-order valence-electron chi connectivity index (χ0n) is 9.52. The van der Waals surface area contributed by atoms with Gasteiger partial charge in [0.25, 0.3) is 20.2 Å². The van der Waals surface area contributed by atoms with Crippen molar-refractivity contribution in [2.75, 3.05) is 24.6 Å². The largest absolute Gasteiger partial charge is 0.351 e. The lowest BCUT2D eigenvalue weighted by molar-refractivity contribution is 0.207. The molecule has 2 amide bonds. The van der Waals surface area contributed by atoms with Crippen LogP contribution in [0, 0.1) is 0 Å². The Hall–Kier alpha value is -0.910. The Balaban J connectivity index is 4.13. The second-order valence-electron chi connectivity index (χ2n) is 3.60. The lowest BCUT2D eigenvalue weighted by Crippen LogP contribution is -2.38. The van der Waals surface area contributed by atoms with Crippen LogP contribution in [0.3, 0.4) is 0 Å². The molecule has 11 heteroatoms. The van der Waals surface area contributed by atoms with E-state index in [0.717, 1.165) is 4.90 Å². The number of rotatable bonds is 8. The molecule has 0 radical (unpaired) electrons. The van der Waals surface area contributed by atoms with Crippen LogP contribution in [-0.4, -0.2) is 61.5 Å². The van der Waals surface area contributed by atoms with E-state index in [4.69, 9.17) is 14.8 Å². The minimum Gasteiger partial charge on any atom is -0.351 e. The van der Waals surface area contributed by atoms with Crippen molar-refractivity contribution in [2.24, 2.45) is 5.73 Å². The number of amides is 2. The van der Waals surface area contributed by atoms with E-state index in [0.29, 0.717) is 0 Å². The van der Waals surface area contributed by atoms with Gasteiger partial charge < -0.3 is 10.6 Å². The van der Waals surface area contributed by atoms with Crippen LogP contribution < -0.4 is 5.73 Å². The van der Waals surface area contributed by atoms with Gasteiger partial charge in [-0.1, -0.05) is 0 Å². The molecule has 0 rings (SSSR count). The highest BCUT2D eigenvalue weighted by atomic mass is 32.2. The molecule has 0 saturated carbocycles. The second kappa shape index (κ2) is 6.87. The average Bonchev–Trinajstić information content (AvgIpc) is 2.11. The van der Waals surface area contributed by atoms with Gasteiger partial charge in [0.05, 0.1) is 11.5 Å². The molecule has 18 heavy (non-hydrogen) atoms. The molecule has 0 aromatic rings. The summed E-state index contributed by atoms with van der Waals surface area (Å²) in [5.74, 6) is -1.04. The number of hydrogen-bond acceptors (Lipinski definition) is 5. The molecule has 4 N–H and O–H groups in total. The normalized spacial score (nSPS) is 12.3. The predicted molar refractivity (Wildman–Crippen MR) is 63.2 cm³/mol. The number of carbonyl (C=O) groups excluding carboxylic acids is 1. The summed E-state index contributed by atoms with van der Waals surface area (Å²) >= 11 is 0. The summed E-state index contributed by atoms with van der Waals surface area (Å²) in [7, 11) is -8.21. The van der Waals surface area contributed by atoms with E-state index in [1.165, 1.54) is 0 Å². The molecular formula is C7H16N2O7S2. The van der Waals surface area contributed by atoms with E-state index >= 15 is 0 Å². The van der Waals surface area contributed by atoms with E-state index in [1.807, 2.05) is 0 Å². The molecule has 0 bridgehead atoms. The predicted octanol–water partition coefficient (Wildman–Crippen LogP) is -1.08. The summed E-state index contributed by atoms with van der Waals surface area (Å²) in [6.45, 7) is -0.0544.